The molecule has 7 heteroatoms. The third kappa shape index (κ3) is 4.43. The summed E-state index contributed by atoms with van der Waals surface area (Å²) in [5, 5.41) is 18.0. The number of nitrogens with zero attached hydrogens (tertiary/aromatic N) is 3. The Morgan fingerprint density at radius 1 is 0.960 bits per heavy atom. The van der Waals surface area contributed by atoms with Crippen LogP contribution in [-0.2, 0) is 16.4 Å². The van der Waals surface area contributed by atoms with Gasteiger partial charge in [0, 0.05) is 13.1 Å². The zero-order valence-electron chi connectivity index (χ0n) is 14.7. The van der Waals surface area contributed by atoms with Gasteiger partial charge in [0.2, 0.25) is 10.0 Å². The number of benzene rings is 2. The highest BCUT2D eigenvalue weighted by Crippen LogP contribution is 2.29. The molecule has 0 aliphatic heterocycles. The minimum atomic E-state index is -3.48. The lowest BCUT2D eigenvalue weighted by Gasteiger charge is -2.18. The van der Waals surface area contributed by atoms with E-state index in [-0.39, 0.29) is 10.6 Å². The average molecular weight is 361 g/mol. The van der Waals surface area contributed by atoms with Crippen molar-refractivity contribution in [2.75, 3.05) is 13.1 Å². The molecule has 0 atom stereocenters. The van der Waals surface area contributed by atoms with Gasteiger partial charge in [0.1, 0.15) is 11.4 Å². The number of sulfonamides is 1. The van der Waals surface area contributed by atoms with Gasteiger partial charge in [-0.25, -0.2) is 8.42 Å². The second-order valence-corrected chi connectivity index (χ2v) is 7.40. The van der Waals surface area contributed by atoms with E-state index >= 15 is 0 Å². The topological polar surface area (TPSA) is 82.3 Å². The van der Waals surface area contributed by atoms with Crippen molar-refractivity contribution in [3.8, 4) is 5.75 Å². The van der Waals surface area contributed by atoms with Crippen molar-refractivity contribution >= 4 is 21.4 Å². The third-order valence-electron chi connectivity index (χ3n) is 3.90. The number of aromatic hydroxyl groups is 1. The standard InChI is InChI=1S/C18H23N3O3S/c1-4-14-7-12-18(22)17(13-14)20-19-15-8-10-16(11-9-15)25(23,24)21(5-2)6-3/h7-13,22H,4-6H2,1-3H3. The summed E-state index contributed by atoms with van der Waals surface area (Å²) < 4.78 is 26.3. The maximum absolute atomic E-state index is 12.4. The van der Waals surface area contributed by atoms with Crippen molar-refractivity contribution in [3.05, 3.63) is 48.0 Å². The molecule has 1 N–H and O–H groups in total. The molecule has 0 amide bonds. The fourth-order valence-electron chi connectivity index (χ4n) is 2.38. The maximum Gasteiger partial charge on any atom is 0.243 e. The van der Waals surface area contributed by atoms with Gasteiger partial charge in [-0.05, 0) is 48.4 Å². The van der Waals surface area contributed by atoms with E-state index in [1.165, 1.54) is 16.4 Å². The Balaban J connectivity index is 2.24. The van der Waals surface area contributed by atoms with Crippen LogP contribution in [0.15, 0.2) is 57.6 Å². The van der Waals surface area contributed by atoms with Crippen LogP contribution in [0.1, 0.15) is 26.3 Å². The fraction of sp³-hybridized carbons (Fsp3) is 0.333. The Labute approximate surface area is 148 Å². The molecule has 0 radical (unpaired) electrons. The van der Waals surface area contributed by atoms with Crippen LogP contribution in [0.5, 0.6) is 5.75 Å². The predicted octanol–water partition coefficient (Wildman–Crippen LogP) is 4.40. The molecule has 134 valence electrons. The van der Waals surface area contributed by atoms with Crippen LogP contribution < -0.4 is 0 Å². The molecule has 0 saturated heterocycles. The summed E-state index contributed by atoms with van der Waals surface area (Å²) in [4.78, 5) is 0.228. The van der Waals surface area contributed by atoms with E-state index in [9.17, 15) is 13.5 Å². The zero-order valence-corrected chi connectivity index (χ0v) is 15.5. The lowest BCUT2D eigenvalue weighted by Crippen LogP contribution is -2.30. The molecule has 0 spiro atoms. The van der Waals surface area contributed by atoms with E-state index in [1.54, 1.807) is 38.1 Å². The quantitative estimate of drug-likeness (QED) is 0.742. The Hall–Kier alpha value is -2.25. The monoisotopic (exact) mass is 361 g/mol. The Morgan fingerprint density at radius 2 is 1.60 bits per heavy atom. The van der Waals surface area contributed by atoms with Crippen LogP contribution in [0.4, 0.5) is 11.4 Å². The highest BCUT2D eigenvalue weighted by Gasteiger charge is 2.21. The van der Waals surface area contributed by atoms with Gasteiger partial charge in [0.05, 0.1) is 10.6 Å². The number of hydrogen-bond donors (Lipinski definition) is 1. The minimum Gasteiger partial charge on any atom is -0.506 e. The van der Waals surface area contributed by atoms with Crippen molar-refractivity contribution in [1.29, 1.82) is 0 Å². The summed E-state index contributed by atoms with van der Waals surface area (Å²) in [6.07, 6.45) is 0.834. The van der Waals surface area contributed by atoms with Crippen LogP contribution in [-0.4, -0.2) is 30.9 Å². The normalized spacial score (nSPS) is 12.2. The van der Waals surface area contributed by atoms with Crippen LogP contribution in [0.25, 0.3) is 0 Å². The SMILES string of the molecule is CCc1ccc(O)c(N=Nc2ccc(S(=O)(=O)N(CC)CC)cc2)c1. The van der Waals surface area contributed by atoms with Gasteiger partial charge < -0.3 is 5.11 Å². The van der Waals surface area contributed by atoms with E-state index in [0.717, 1.165) is 12.0 Å². The Kier molecular flexibility index (Phi) is 6.27. The molecule has 0 unspecified atom stereocenters. The number of aryl methyl sites for hydroxylation is 1. The average Bonchev–Trinajstić information content (AvgIpc) is 2.62. The van der Waals surface area contributed by atoms with Gasteiger partial charge in [-0.1, -0.05) is 26.8 Å². The molecule has 0 heterocycles. The molecule has 0 saturated carbocycles. The lowest BCUT2D eigenvalue weighted by atomic mass is 10.1. The van der Waals surface area contributed by atoms with Gasteiger partial charge in [-0.2, -0.15) is 9.42 Å². The van der Waals surface area contributed by atoms with Crippen LogP contribution in [0, 0.1) is 0 Å². The summed E-state index contributed by atoms with van der Waals surface area (Å²) in [6, 6.07) is 11.4. The van der Waals surface area contributed by atoms with E-state index in [2.05, 4.69) is 10.2 Å². The van der Waals surface area contributed by atoms with Gasteiger partial charge in [0.25, 0.3) is 0 Å². The van der Waals surface area contributed by atoms with Crippen molar-refractivity contribution in [3.63, 3.8) is 0 Å². The number of phenols is 1. The largest absolute Gasteiger partial charge is 0.506 e. The molecule has 0 aliphatic carbocycles. The Bertz CT molecular complexity index is 842. The van der Waals surface area contributed by atoms with Crippen LogP contribution in [0.2, 0.25) is 0 Å². The molecule has 2 rings (SSSR count). The van der Waals surface area contributed by atoms with E-state index in [4.69, 9.17) is 0 Å². The maximum atomic E-state index is 12.4. The number of azo groups is 1. The molecular formula is C18H23N3O3S. The van der Waals surface area contributed by atoms with Gasteiger partial charge in [-0.3, -0.25) is 0 Å². The first-order chi connectivity index (χ1) is 11.9. The third-order valence-corrected chi connectivity index (χ3v) is 5.97. The second kappa shape index (κ2) is 8.22. The van der Waals surface area contributed by atoms with Gasteiger partial charge >= 0.3 is 0 Å². The molecular weight excluding hydrogens is 338 g/mol. The van der Waals surface area contributed by atoms with Crippen molar-refractivity contribution in [1.82, 2.24) is 4.31 Å². The van der Waals surface area contributed by atoms with Crippen LogP contribution >= 0.6 is 0 Å². The Morgan fingerprint density at radius 3 is 2.16 bits per heavy atom. The van der Waals surface area contributed by atoms with E-state index in [1.807, 2.05) is 13.0 Å². The molecule has 0 fully saturated rings. The summed E-state index contributed by atoms with van der Waals surface area (Å²) in [5.41, 5.74) is 1.95. The number of hydrogen-bond acceptors (Lipinski definition) is 5. The summed E-state index contributed by atoms with van der Waals surface area (Å²) in [5.74, 6) is 0.0571. The molecule has 6 nitrogen and oxygen atoms in total. The molecule has 0 aromatic heterocycles. The fourth-order valence-corrected chi connectivity index (χ4v) is 3.84. The summed E-state index contributed by atoms with van der Waals surface area (Å²) in [6.45, 7) is 6.48. The number of phenolic OH excluding ortho intramolecular Hbond substituents is 1. The molecule has 2 aromatic carbocycles. The predicted molar refractivity (Wildman–Crippen MR) is 98.2 cm³/mol. The van der Waals surface area contributed by atoms with Crippen molar-refractivity contribution < 1.29 is 13.5 Å². The van der Waals surface area contributed by atoms with E-state index < -0.39 is 10.0 Å². The molecule has 0 aliphatic rings. The van der Waals surface area contributed by atoms with Crippen molar-refractivity contribution in [2.45, 2.75) is 32.1 Å². The zero-order chi connectivity index (χ0) is 18.4. The number of rotatable bonds is 7. The second-order valence-electron chi connectivity index (χ2n) is 5.46. The minimum absolute atomic E-state index is 0.0571. The van der Waals surface area contributed by atoms with Crippen molar-refractivity contribution in [2.24, 2.45) is 10.2 Å². The summed E-state index contributed by atoms with van der Waals surface area (Å²) >= 11 is 0. The highest BCUT2D eigenvalue weighted by molar-refractivity contribution is 7.89. The lowest BCUT2D eigenvalue weighted by molar-refractivity contribution is 0.445. The molecule has 0 bridgehead atoms. The molecule has 25 heavy (non-hydrogen) atoms. The van der Waals surface area contributed by atoms with Gasteiger partial charge in [0.15, 0.2) is 0 Å². The van der Waals surface area contributed by atoms with Crippen LogP contribution in [0.3, 0.4) is 0 Å². The van der Waals surface area contributed by atoms with Gasteiger partial charge in [-0.15, -0.1) is 5.11 Å². The summed E-state index contributed by atoms with van der Waals surface area (Å²) in [7, 11) is -3.48. The first kappa shape index (κ1) is 19.1. The smallest absolute Gasteiger partial charge is 0.243 e. The highest BCUT2D eigenvalue weighted by atomic mass is 32.2. The van der Waals surface area contributed by atoms with E-state index in [0.29, 0.717) is 24.5 Å². The first-order valence-electron chi connectivity index (χ1n) is 8.26. The first-order valence-corrected chi connectivity index (χ1v) is 9.70. The molecule has 2 aromatic rings.